The molecule has 0 saturated carbocycles. The molecule has 1 aliphatic rings. The van der Waals surface area contributed by atoms with Crippen molar-refractivity contribution in [3.8, 4) is 5.88 Å². The normalized spacial score (nSPS) is 17.6. The number of ether oxygens (including phenoxy) is 1. The highest BCUT2D eigenvalue weighted by atomic mass is 19.3. The van der Waals surface area contributed by atoms with Gasteiger partial charge < -0.3 is 19.9 Å². The number of nitrogens with one attached hydrogen (secondary N) is 1. The van der Waals surface area contributed by atoms with Gasteiger partial charge in [0.2, 0.25) is 5.88 Å². The molecule has 0 bridgehead atoms. The third-order valence-electron chi connectivity index (χ3n) is 6.04. The first kappa shape index (κ1) is 24.6. The number of amides is 1. The van der Waals surface area contributed by atoms with Crippen LogP contribution in [0.2, 0.25) is 0 Å². The summed E-state index contributed by atoms with van der Waals surface area (Å²) in [4.78, 5) is 29.5. The summed E-state index contributed by atoms with van der Waals surface area (Å²) in [7, 11) is 2.00. The van der Waals surface area contributed by atoms with Crippen molar-refractivity contribution in [2.75, 3.05) is 32.0 Å². The molecule has 0 unspecified atom stereocenters. The maximum atomic E-state index is 14.7. The van der Waals surface area contributed by atoms with Crippen molar-refractivity contribution in [1.29, 1.82) is 0 Å². The van der Waals surface area contributed by atoms with Gasteiger partial charge in [-0.3, -0.25) is 0 Å². The number of likely N-dealkylation sites (N-methyl/N-ethyl adjacent to an activating group) is 1. The number of hydrogen-bond donors (Lipinski definition) is 1. The molecule has 0 spiro atoms. The van der Waals surface area contributed by atoms with Crippen molar-refractivity contribution in [3.63, 3.8) is 0 Å². The van der Waals surface area contributed by atoms with E-state index >= 15 is 0 Å². The Morgan fingerprint density at radius 1 is 1.23 bits per heavy atom. The zero-order valence-corrected chi connectivity index (χ0v) is 19.9. The van der Waals surface area contributed by atoms with Gasteiger partial charge in [-0.15, -0.1) is 0 Å². The topological polar surface area (TPSA) is 83.5 Å². The van der Waals surface area contributed by atoms with Gasteiger partial charge in [-0.05, 0) is 27.8 Å². The summed E-state index contributed by atoms with van der Waals surface area (Å²) in [6, 6.07) is 4.74. The molecule has 1 saturated heterocycles. The van der Waals surface area contributed by atoms with Crippen LogP contribution in [0.3, 0.4) is 0 Å². The Morgan fingerprint density at radius 3 is 2.69 bits per heavy atom. The quantitative estimate of drug-likeness (QED) is 0.557. The number of carbonyl (C=O) groups is 1. The number of benzene rings is 1. The standard InChI is InChI=1S/C24H27F3N6O2/c1-13-12-32(4)8-9-33(13)24(34)35-20-10-18-19(11-28-20)30-15(3)31-23(18)29-14(2)16-6-5-7-17(21(16)25)22(26)27/h5-7,10-11,13-14,22H,8-9,12H2,1-4H3,(H,29,30,31)/t13-,14+/m0/s1. The molecule has 2 atom stereocenters. The molecule has 1 aromatic carbocycles. The summed E-state index contributed by atoms with van der Waals surface area (Å²) >= 11 is 0. The minimum absolute atomic E-state index is 0.00957. The van der Waals surface area contributed by atoms with Crippen LogP contribution in [0, 0.1) is 12.7 Å². The highest BCUT2D eigenvalue weighted by Crippen LogP contribution is 2.31. The third-order valence-corrected chi connectivity index (χ3v) is 6.04. The van der Waals surface area contributed by atoms with E-state index < -0.39 is 29.9 Å². The van der Waals surface area contributed by atoms with Gasteiger partial charge in [0.05, 0.1) is 23.3 Å². The van der Waals surface area contributed by atoms with Crippen molar-refractivity contribution in [3.05, 3.63) is 53.2 Å². The van der Waals surface area contributed by atoms with E-state index in [9.17, 15) is 18.0 Å². The zero-order chi connectivity index (χ0) is 25.3. The molecule has 186 valence electrons. The first-order valence-electron chi connectivity index (χ1n) is 11.3. The minimum Gasteiger partial charge on any atom is -0.391 e. The highest BCUT2D eigenvalue weighted by molar-refractivity contribution is 5.89. The third kappa shape index (κ3) is 5.29. The monoisotopic (exact) mass is 488 g/mol. The zero-order valence-electron chi connectivity index (χ0n) is 19.9. The molecule has 8 nitrogen and oxygen atoms in total. The van der Waals surface area contributed by atoms with E-state index in [-0.39, 0.29) is 17.5 Å². The largest absolute Gasteiger partial charge is 0.416 e. The predicted molar refractivity (Wildman–Crippen MR) is 125 cm³/mol. The van der Waals surface area contributed by atoms with Gasteiger partial charge >= 0.3 is 6.09 Å². The van der Waals surface area contributed by atoms with E-state index in [0.29, 0.717) is 29.1 Å². The fraction of sp³-hybridized carbons (Fsp3) is 0.417. The molecule has 1 N–H and O–H groups in total. The van der Waals surface area contributed by atoms with Crippen LogP contribution in [0.4, 0.5) is 23.8 Å². The second-order valence-corrected chi connectivity index (χ2v) is 8.75. The molecule has 11 heteroatoms. The Bertz CT molecular complexity index is 1240. The van der Waals surface area contributed by atoms with E-state index in [2.05, 4.69) is 25.2 Å². The van der Waals surface area contributed by atoms with Crippen LogP contribution in [0.5, 0.6) is 5.88 Å². The number of piperazine rings is 1. The summed E-state index contributed by atoms with van der Waals surface area (Å²) in [5.41, 5.74) is -0.0878. The Labute approximate surface area is 201 Å². The molecular formula is C24H27F3N6O2. The molecule has 0 radical (unpaired) electrons. The Balaban J connectivity index is 1.61. The van der Waals surface area contributed by atoms with E-state index in [1.807, 2.05) is 14.0 Å². The lowest BCUT2D eigenvalue weighted by atomic mass is 10.0. The number of rotatable bonds is 5. The maximum absolute atomic E-state index is 14.7. The van der Waals surface area contributed by atoms with Crippen LogP contribution in [0.15, 0.2) is 30.5 Å². The molecule has 1 fully saturated rings. The number of aryl methyl sites for hydroxylation is 1. The van der Waals surface area contributed by atoms with E-state index in [0.717, 1.165) is 19.2 Å². The lowest BCUT2D eigenvalue weighted by molar-refractivity contribution is 0.0883. The number of aromatic nitrogens is 3. The van der Waals surface area contributed by atoms with E-state index in [4.69, 9.17) is 4.74 Å². The number of carbonyl (C=O) groups excluding carboxylic acids is 1. The number of fused-ring (bicyclic) bond motifs is 1. The van der Waals surface area contributed by atoms with Crippen LogP contribution in [0.1, 0.15) is 43.3 Å². The van der Waals surface area contributed by atoms with Gasteiger partial charge in [-0.2, -0.15) is 0 Å². The van der Waals surface area contributed by atoms with Crippen LogP contribution >= 0.6 is 0 Å². The number of halogens is 3. The Morgan fingerprint density at radius 2 is 1.97 bits per heavy atom. The molecule has 4 rings (SSSR count). The number of hydrogen-bond acceptors (Lipinski definition) is 7. The molecule has 0 aliphatic carbocycles. The molecule has 2 aromatic heterocycles. The fourth-order valence-corrected chi connectivity index (χ4v) is 4.21. The smallest absolute Gasteiger partial charge is 0.391 e. The minimum atomic E-state index is -2.92. The maximum Gasteiger partial charge on any atom is 0.416 e. The predicted octanol–water partition coefficient (Wildman–Crippen LogP) is 4.72. The van der Waals surface area contributed by atoms with Gasteiger partial charge in [-0.25, -0.2) is 32.9 Å². The summed E-state index contributed by atoms with van der Waals surface area (Å²) in [6.45, 7) is 7.31. The molecule has 3 aromatic rings. The Kier molecular flexibility index (Phi) is 7.06. The number of anilines is 1. The first-order chi connectivity index (χ1) is 16.6. The van der Waals surface area contributed by atoms with Crippen LogP contribution in [-0.2, 0) is 0 Å². The molecular weight excluding hydrogens is 461 g/mol. The van der Waals surface area contributed by atoms with E-state index in [1.54, 1.807) is 18.7 Å². The van der Waals surface area contributed by atoms with Gasteiger partial charge in [0.1, 0.15) is 17.5 Å². The second kappa shape index (κ2) is 10.0. The second-order valence-electron chi connectivity index (χ2n) is 8.75. The molecule has 1 aliphatic heterocycles. The lowest BCUT2D eigenvalue weighted by Crippen LogP contribution is -2.53. The average molecular weight is 489 g/mol. The van der Waals surface area contributed by atoms with Gasteiger partial charge in [0, 0.05) is 42.7 Å². The van der Waals surface area contributed by atoms with Gasteiger partial charge in [0.15, 0.2) is 0 Å². The number of nitrogens with zero attached hydrogens (tertiary/aromatic N) is 5. The van der Waals surface area contributed by atoms with Crippen molar-refractivity contribution < 1.29 is 22.7 Å². The SMILES string of the molecule is Cc1nc(N[C@H](C)c2cccc(C(F)F)c2F)c2cc(OC(=O)N3CCN(C)C[C@@H]3C)ncc2n1. The average Bonchev–Trinajstić information content (AvgIpc) is 2.79. The Hall–Kier alpha value is -3.47. The van der Waals surface area contributed by atoms with Crippen LogP contribution in [-0.4, -0.2) is 63.6 Å². The molecule has 1 amide bonds. The van der Waals surface area contributed by atoms with Crippen LogP contribution in [0.25, 0.3) is 10.9 Å². The summed E-state index contributed by atoms with van der Waals surface area (Å²) in [5, 5.41) is 3.58. The van der Waals surface area contributed by atoms with Crippen molar-refractivity contribution in [1.82, 2.24) is 24.8 Å². The van der Waals surface area contributed by atoms with Gasteiger partial charge in [0.25, 0.3) is 6.43 Å². The number of pyridine rings is 1. The molecule has 3 heterocycles. The van der Waals surface area contributed by atoms with E-state index in [1.165, 1.54) is 24.4 Å². The van der Waals surface area contributed by atoms with Gasteiger partial charge in [-0.1, -0.05) is 18.2 Å². The fourth-order valence-electron chi connectivity index (χ4n) is 4.21. The summed E-state index contributed by atoms with van der Waals surface area (Å²) < 4.78 is 46.5. The van der Waals surface area contributed by atoms with Crippen molar-refractivity contribution >= 4 is 22.8 Å². The van der Waals surface area contributed by atoms with Crippen molar-refractivity contribution in [2.45, 2.75) is 39.3 Å². The summed E-state index contributed by atoms with van der Waals surface area (Å²) in [6.07, 6.45) is -1.96. The molecule has 35 heavy (non-hydrogen) atoms. The summed E-state index contributed by atoms with van der Waals surface area (Å²) in [5.74, 6) is -0.112. The number of alkyl halides is 2. The first-order valence-corrected chi connectivity index (χ1v) is 11.3. The highest BCUT2D eigenvalue weighted by Gasteiger charge is 2.28. The lowest BCUT2D eigenvalue weighted by Gasteiger charge is -2.37. The van der Waals surface area contributed by atoms with Crippen molar-refractivity contribution in [2.24, 2.45) is 0 Å². The van der Waals surface area contributed by atoms with Crippen LogP contribution < -0.4 is 10.1 Å².